The van der Waals surface area contributed by atoms with Crippen molar-refractivity contribution in [1.82, 2.24) is 9.88 Å². The Morgan fingerprint density at radius 2 is 1.86 bits per heavy atom. The summed E-state index contributed by atoms with van der Waals surface area (Å²) in [6.07, 6.45) is 7.18. The van der Waals surface area contributed by atoms with Gasteiger partial charge in [-0.2, -0.15) is 0 Å². The van der Waals surface area contributed by atoms with Crippen LogP contribution in [0.4, 0.5) is 0 Å². The van der Waals surface area contributed by atoms with Crippen molar-refractivity contribution < 1.29 is 4.79 Å². The molecule has 0 saturated heterocycles. The maximum atomic E-state index is 13.3. The third kappa shape index (κ3) is 2.36. The molecule has 0 bridgehead atoms. The van der Waals surface area contributed by atoms with E-state index in [-0.39, 0.29) is 11.3 Å². The first-order valence-corrected chi connectivity index (χ1v) is 7.71. The first-order valence-electron chi connectivity index (χ1n) is 7.71. The maximum Gasteiger partial charge on any atom is 0.183 e. The first-order chi connectivity index (χ1) is 10.1. The Labute approximate surface area is 126 Å². The lowest BCUT2D eigenvalue weighted by molar-refractivity contribution is 0.0566. The first kappa shape index (κ1) is 14.2. The molecule has 1 heterocycles. The molecule has 1 fully saturated rings. The molecule has 1 aliphatic carbocycles. The average molecular weight is 282 g/mol. The highest BCUT2D eigenvalue weighted by molar-refractivity contribution is 6.11. The Morgan fingerprint density at radius 1 is 1.10 bits per heavy atom. The molecule has 1 saturated carbocycles. The fourth-order valence-corrected chi connectivity index (χ4v) is 3.57. The van der Waals surface area contributed by atoms with Gasteiger partial charge >= 0.3 is 0 Å². The Kier molecular flexibility index (Phi) is 3.77. The van der Waals surface area contributed by atoms with E-state index in [1.54, 1.807) is 6.20 Å². The van der Waals surface area contributed by atoms with Crippen LogP contribution >= 0.6 is 0 Å². The normalized spacial score (nSPS) is 18.0. The zero-order valence-electron chi connectivity index (χ0n) is 12.8. The number of hydrogen-bond acceptors (Lipinski definition) is 3. The monoisotopic (exact) mass is 282 g/mol. The lowest BCUT2D eigenvalue weighted by Gasteiger charge is -2.41. The van der Waals surface area contributed by atoms with Gasteiger partial charge in [0.1, 0.15) is 0 Å². The van der Waals surface area contributed by atoms with Gasteiger partial charge in [-0.05, 0) is 39.1 Å². The lowest BCUT2D eigenvalue weighted by atomic mass is 9.75. The molecule has 3 heteroatoms. The van der Waals surface area contributed by atoms with Crippen molar-refractivity contribution >= 4 is 16.7 Å². The molecule has 1 aromatic carbocycles. The number of carbonyl (C=O) groups excluding carboxylic acids is 1. The van der Waals surface area contributed by atoms with Crippen LogP contribution in [0, 0.1) is 0 Å². The summed E-state index contributed by atoms with van der Waals surface area (Å²) in [6.45, 7) is 0. The molecule has 0 spiro atoms. The third-order valence-electron chi connectivity index (χ3n) is 4.85. The van der Waals surface area contributed by atoms with E-state index in [4.69, 9.17) is 0 Å². The number of hydrogen-bond donors (Lipinski definition) is 0. The number of Topliss-reactive ketones (excluding diaryl/α,β-unsaturated/α-hetero) is 1. The van der Waals surface area contributed by atoms with Gasteiger partial charge in [0.25, 0.3) is 0 Å². The van der Waals surface area contributed by atoms with E-state index in [2.05, 4.69) is 9.88 Å². The second kappa shape index (κ2) is 5.57. The van der Waals surface area contributed by atoms with E-state index < -0.39 is 0 Å². The van der Waals surface area contributed by atoms with Gasteiger partial charge in [-0.15, -0.1) is 0 Å². The maximum absolute atomic E-state index is 13.3. The van der Waals surface area contributed by atoms with E-state index in [9.17, 15) is 4.79 Å². The second-order valence-electron chi connectivity index (χ2n) is 6.19. The summed E-state index contributed by atoms with van der Waals surface area (Å²) in [5.41, 5.74) is 1.37. The quantitative estimate of drug-likeness (QED) is 0.805. The van der Waals surface area contributed by atoms with Crippen LogP contribution in [-0.2, 0) is 0 Å². The molecule has 0 atom stereocenters. The number of ketones is 1. The van der Waals surface area contributed by atoms with Gasteiger partial charge in [-0.3, -0.25) is 14.7 Å². The summed E-state index contributed by atoms with van der Waals surface area (Å²) in [5.74, 6) is 0.255. The molecule has 0 radical (unpaired) electrons. The number of carbonyl (C=O) groups is 1. The molecule has 1 aliphatic rings. The lowest BCUT2D eigenvalue weighted by Crippen LogP contribution is -2.52. The van der Waals surface area contributed by atoms with Crippen LogP contribution in [0.1, 0.15) is 42.5 Å². The molecular weight excluding hydrogens is 260 g/mol. The molecule has 3 nitrogen and oxygen atoms in total. The number of aromatic nitrogens is 1. The standard InChI is InChI=1S/C18H22N2O/c1-20(2)18(11-4-3-5-12-18)17(21)15-8-6-10-16-14(15)9-7-13-19-16/h6-10,13H,3-5,11-12H2,1-2H3. The van der Waals surface area contributed by atoms with Crippen molar-refractivity contribution in [2.75, 3.05) is 14.1 Å². The minimum atomic E-state index is -0.345. The number of likely N-dealkylation sites (N-methyl/N-ethyl adjacent to an activating group) is 1. The largest absolute Gasteiger partial charge is 0.297 e. The van der Waals surface area contributed by atoms with Crippen LogP contribution in [0.15, 0.2) is 36.5 Å². The van der Waals surface area contributed by atoms with Gasteiger partial charge in [0.15, 0.2) is 5.78 Å². The Bertz CT molecular complexity index is 652. The number of nitrogens with zero attached hydrogens (tertiary/aromatic N) is 2. The smallest absolute Gasteiger partial charge is 0.183 e. The summed E-state index contributed by atoms with van der Waals surface area (Å²) in [5, 5.41) is 0.969. The molecule has 2 aromatic rings. The van der Waals surface area contributed by atoms with Crippen LogP contribution in [0.2, 0.25) is 0 Å². The predicted octanol–water partition coefficient (Wildman–Crippen LogP) is 3.68. The Balaban J connectivity index is 2.10. The van der Waals surface area contributed by atoms with Gasteiger partial charge in [-0.25, -0.2) is 0 Å². The van der Waals surface area contributed by atoms with Gasteiger partial charge in [0.2, 0.25) is 0 Å². The molecule has 0 aliphatic heterocycles. The van der Waals surface area contributed by atoms with Crippen LogP contribution in [0.3, 0.4) is 0 Å². The predicted molar refractivity (Wildman–Crippen MR) is 85.6 cm³/mol. The molecule has 0 N–H and O–H groups in total. The van der Waals surface area contributed by atoms with Gasteiger partial charge in [-0.1, -0.05) is 37.5 Å². The minimum absolute atomic E-state index is 0.255. The average Bonchev–Trinajstić information content (AvgIpc) is 2.54. The van der Waals surface area contributed by atoms with Crippen LogP contribution in [0.25, 0.3) is 10.9 Å². The molecule has 3 rings (SSSR count). The van der Waals surface area contributed by atoms with Crippen molar-refractivity contribution in [2.45, 2.75) is 37.6 Å². The fraction of sp³-hybridized carbons (Fsp3) is 0.444. The van der Waals surface area contributed by atoms with Crippen molar-refractivity contribution in [2.24, 2.45) is 0 Å². The molecule has 21 heavy (non-hydrogen) atoms. The van der Waals surface area contributed by atoms with E-state index >= 15 is 0 Å². The highest BCUT2D eigenvalue weighted by atomic mass is 16.1. The summed E-state index contributed by atoms with van der Waals surface area (Å²) in [7, 11) is 4.07. The molecular formula is C18H22N2O. The molecule has 110 valence electrons. The van der Waals surface area contributed by atoms with E-state index in [0.717, 1.165) is 42.1 Å². The summed E-state index contributed by atoms with van der Waals surface area (Å²) < 4.78 is 0. The number of fused-ring (bicyclic) bond motifs is 1. The van der Waals surface area contributed by atoms with Crippen molar-refractivity contribution in [1.29, 1.82) is 0 Å². The van der Waals surface area contributed by atoms with Crippen LogP contribution < -0.4 is 0 Å². The third-order valence-corrected chi connectivity index (χ3v) is 4.85. The molecule has 0 amide bonds. The second-order valence-corrected chi connectivity index (χ2v) is 6.19. The van der Waals surface area contributed by atoms with Crippen molar-refractivity contribution in [3.63, 3.8) is 0 Å². The fourth-order valence-electron chi connectivity index (χ4n) is 3.57. The summed E-state index contributed by atoms with van der Waals surface area (Å²) in [6, 6.07) is 9.76. The highest BCUT2D eigenvalue weighted by Crippen LogP contribution is 2.36. The Hall–Kier alpha value is -1.74. The Morgan fingerprint density at radius 3 is 2.57 bits per heavy atom. The van der Waals surface area contributed by atoms with E-state index in [0.29, 0.717) is 0 Å². The topological polar surface area (TPSA) is 33.2 Å². The minimum Gasteiger partial charge on any atom is -0.297 e. The van der Waals surface area contributed by atoms with Crippen LogP contribution in [-0.4, -0.2) is 35.3 Å². The molecule has 0 unspecified atom stereocenters. The zero-order chi connectivity index (χ0) is 14.9. The number of pyridine rings is 1. The number of rotatable bonds is 3. The summed E-state index contributed by atoms with van der Waals surface area (Å²) in [4.78, 5) is 19.8. The van der Waals surface area contributed by atoms with Gasteiger partial charge in [0.05, 0.1) is 11.1 Å². The van der Waals surface area contributed by atoms with E-state index in [1.807, 2.05) is 44.4 Å². The molecule has 1 aromatic heterocycles. The van der Waals surface area contributed by atoms with Gasteiger partial charge < -0.3 is 0 Å². The van der Waals surface area contributed by atoms with E-state index in [1.165, 1.54) is 6.42 Å². The summed E-state index contributed by atoms with van der Waals surface area (Å²) >= 11 is 0. The van der Waals surface area contributed by atoms with Crippen molar-refractivity contribution in [3.8, 4) is 0 Å². The SMILES string of the molecule is CN(C)C1(C(=O)c2cccc3ncccc23)CCCCC1. The van der Waals surface area contributed by atoms with Crippen LogP contribution in [0.5, 0.6) is 0 Å². The van der Waals surface area contributed by atoms with Crippen molar-refractivity contribution in [3.05, 3.63) is 42.1 Å². The highest BCUT2D eigenvalue weighted by Gasteiger charge is 2.42. The van der Waals surface area contributed by atoms with Gasteiger partial charge in [0, 0.05) is 17.1 Å². The number of benzene rings is 1. The zero-order valence-corrected chi connectivity index (χ0v) is 12.8.